The summed E-state index contributed by atoms with van der Waals surface area (Å²) in [6, 6.07) is -0.820. The number of hydrogen-bond acceptors (Lipinski definition) is 11. The molecule has 0 rings (SSSR count). The Hall–Kier alpha value is -2.68. The molecule has 16 N–H and O–H groups in total. The fourth-order valence-electron chi connectivity index (χ4n) is 1.90. The van der Waals surface area contributed by atoms with Gasteiger partial charge in [-0.2, -0.15) is 0 Å². The molecule has 18 nitrogen and oxygen atoms in total. The summed E-state index contributed by atoms with van der Waals surface area (Å²) in [4.78, 5) is 33.3. The van der Waals surface area contributed by atoms with Crippen molar-refractivity contribution in [3.05, 3.63) is 0 Å². The highest BCUT2D eigenvalue weighted by Gasteiger charge is 2.17. The Bertz CT molecular complexity index is 678. The molecular weight excluding hydrogens is 550 g/mol. The van der Waals surface area contributed by atoms with Crippen molar-refractivity contribution in [1.29, 1.82) is 0 Å². The maximum absolute atomic E-state index is 10.2. The Kier molecular flexibility index (Phi) is 33.8. The number of quaternary nitrogens is 2. The Balaban J connectivity index is -0.000000137. The average Bonchev–Trinajstić information content (AvgIpc) is 2.80. The standard InChI is InChI=1S/C7H15NO3.C6H14N4O2.C5H14NO.C3H8O3.C2H5NO2/c1-8(2,3)5-6(9)4-7(10)11;7-4(5(11)12)2-1-3-10-6(8)9;1-6(2,3)4-5-7;4-1-3(6)2-5;3-1-2(4)5/h6,9H,4-5H2,1-3H3;4H,1-3,7H2,(H,11,12)(H4,8,9,10);7H,4-5H2,1-3H3;3-6H,1-2H2;1,3H2,(H,4,5)/q;;+1;;/p+1. The number of nitrogens with zero attached hydrogens (tertiary/aromatic N) is 3. The molecule has 0 spiro atoms. The number of guanidine groups is 1. The summed E-state index contributed by atoms with van der Waals surface area (Å²) in [5, 5.41) is 65.9. The van der Waals surface area contributed by atoms with Crippen molar-refractivity contribution in [3.63, 3.8) is 0 Å². The van der Waals surface area contributed by atoms with Crippen molar-refractivity contribution in [2.45, 2.75) is 37.5 Å². The molecule has 248 valence electrons. The molecule has 0 saturated carbocycles. The summed E-state index contributed by atoms with van der Waals surface area (Å²) in [6.45, 7) is 0.992. The van der Waals surface area contributed by atoms with Gasteiger partial charge in [0.25, 0.3) is 0 Å². The average molecular weight is 608 g/mol. The normalized spacial score (nSPS) is 11.9. The third kappa shape index (κ3) is 62.4. The Morgan fingerprint density at radius 2 is 1.24 bits per heavy atom. The molecule has 0 aliphatic heterocycles. The fourth-order valence-corrected chi connectivity index (χ4v) is 1.90. The molecule has 0 aromatic carbocycles. The smallest absolute Gasteiger partial charge is 0.320 e. The van der Waals surface area contributed by atoms with Crippen molar-refractivity contribution >= 4 is 23.9 Å². The van der Waals surface area contributed by atoms with Gasteiger partial charge in [-0.1, -0.05) is 0 Å². The number of aliphatic hydroxyl groups is 5. The van der Waals surface area contributed by atoms with E-state index in [1.807, 2.05) is 21.1 Å². The van der Waals surface area contributed by atoms with Crippen molar-refractivity contribution in [2.24, 2.45) is 27.9 Å². The van der Waals surface area contributed by atoms with Crippen molar-refractivity contribution in [1.82, 2.24) is 0 Å². The van der Waals surface area contributed by atoms with Crippen LogP contribution < -0.4 is 22.9 Å². The number of likely N-dealkylation sites (N-methyl/N-ethyl adjacent to an activating group) is 2. The van der Waals surface area contributed by atoms with E-state index >= 15 is 0 Å². The number of carboxylic acid groups (broad SMARTS) is 3. The molecule has 0 amide bonds. The second-order valence-corrected chi connectivity index (χ2v) is 10.5. The van der Waals surface area contributed by atoms with E-state index in [0.29, 0.717) is 30.4 Å². The number of carboxylic acids is 3. The minimum Gasteiger partial charge on any atom is -0.481 e. The molecule has 0 fully saturated rings. The van der Waals surface area contributed by atoms with Gasteiger partial charge in [-0.15, -0.1) is 0 Å². The summed E-state index contributed by atoms with van der Waals surface area (Å²) >= 11 is 0. The lowest BCUT2D eigenvalue weighted by atomic mass is 10.2. The highest BCUT2D eigenvalue weighted by molar-refractivity contribution is 5.75. The van der Waals surface area contributed by atoms with Gasteiger partial charge in [0, 0.05) is 6.54 Å². The van der Waals surface area contributed by atoms with Crippen molar-refractivity contribution in [2.75, 3.05) is 88.3 Å². The fraction of sp³-hybridized carbons (Fsp3) is 0.826. The first-order valence-electron chi connectivity index (χ1n) is 12.5. The largest absolute Gasteiger partial charge is 0.481 e. The van der Waals surface area contributed by atoms with E-state index in [4.69, 9.17) is 58.1 Å². The van der Waals surface area contributed by atoms with Gasteiger partial charge in [0.2, 0.25) is 0 Å². The van der Waals surface area contributed by atoms with Crippen LogP contribution in [0.2, 0.25) is 0 Å². The van der Waals surface area contributed by atoms with E-state index in [9.17, 15) is 14.4 Å². The van der Waals surface area contributed by atoms with Crippen LogP contribution in [-0.2, 0) is 14.4 Å². The van der Waals surface area contributed by atoms with E-state index in [2.05, 4.69) is 31.9 Å². The zero-order valence-electron chi connectivity index (χ0n) is 25.3. The van der Waals surface area contributed by atoms with E-state index in [-0.39, 0.29) is 38.7 Å². The number of nitrogens with two attached hydrogens (primary N) is 4. The van der Waals surface area contributed by atoms with Crippen LogP contribution in [0.1, 0.15) is 19.3 Å². The second-order valence-electron chi connectivity index (χ2n) is 10.5. The lowest BCUT2D eigenvalue weighted by Gasteiger charge is -2.25. The Morgan fingerprint density at radius 3 is 1.44 bits per heavy atom. The first-order chi connectivity index (χ1) is 18.5. The van der Waals surface area contributed by atoms with Crippen LogP contribution in [0.25, 0.3) is 0 Å². The highest BCUT2D eigenvalue weighted by atomic mass is 16.4. The number of aliphatic imine (C=N–C) groups is 1. The third-order valence-corrected chi connectivity index (χ3v) is 3.82. The molecular formula is C23H57N7O11+2. The first kappa shape index (κ1) is 48.1. The van der Waals surface area contributed by atoms with Crippen LogP contribution in [0.5, 0.6) is 0 Å². The topological polar surface area (TPSA) is 329 Å². The van der Waals surface area contributed by atoms with Gasteiger partial charge in [-0.25, -0.2) is 0 Å². The molecule has 18 heteroatoms. The van der Waals surface area contributed by atoms with Crippen LogP contribution in [0.15, 0.2) is 4.99 Å². The molecule has 41 heavy (non-hydrogen) atoms. The predicted octanol–water partition coefficient (Wildman–Crippen LogP) is -4.97. The molecule has 0 heterocycles. The molecule has 2 unspecified atom stereocenters. The van der Waals surface area contributed by atoms with Gasteiger partial charge >= 0.3 is 17.9 Å². The van der Waals surface area contributed by atoms with Gasteiger partial charge in [0.15, 0.2) is 5.96 Å². The molecule has 0 aromatic rings. The summed E-state index contributed by atoms with van der Waals surface area (Å²) in [5.41, 5.74) is 19.9. The first-order valence-corrected chi connectivity index (χ1v) is 12.5. The molecule has 0 aliphatic rings. The molecule has 2 atom stereocenters. The van der Waals surface area contributed by atoms with Crippen LogP contribution in [-0.4, -0.2) is 180 Å². The number of aliphatic carboxylic acids is 3. The summed E-state index contributed by atoms with van der Waals surface area (Å²) in [6.07, 6.45) is -0.912. The van der Waals surface area contributed by atoms with Gasteiger partial charge in [0.1, 0.15) is 31.3 Å². The second kappa shape index (κ2) is 28.8. The molecule has 0 radical (unpaired) electrons. The Labute approximate surface area is 242 Å². The minimum absolute atomic E-state index is 0.0129. The maximum atomic E-state index is 10.2. The zero-order chi connectivity index (χ0) is 33.8. The minimum atomic E-state index is -1.00. The molecule has 0 bridgehead atoms. The predicted molar refractivity (Wildman–Crippen MR) is 154 cm³/mol. The highest BCUT2D eigenvalue weighted by Crippen LogP contribution is 1.98. The Morgan fingerprint density at radius 1 is 0.805 bits per heavy atom. The number of hydrogen-bond donors (Lipinski definition) is 12. The van der Waals surface area contributed by atoms with E-state index in [0.717, 1.165) is 11.0 Å². The molecule has 0 aliphatic carbocycles. The van der Waals surface area contributed by atoms with Crippen LogP contribution in [0, 0.1) is 0 Å². The maximum Gasteiger partial charge on any atom is 0.320 e. The molecule has 0 saturated heterocycles. The summed E-state index contributed by atoms with van der Waals surface area (Å²) in [5.74, 6) is -2.91. The lowest BCUT2D eigenvalue weighted by Crippen LogP contribution is -2.42. The third-order valence-electron chi connectivity index (χ3n) is 3.82. The van der Waals surface area contributed by atoms with Crippen LogP contribution >= 0.6 is 0 Å². The van der Waals surface area contributed by atoms with Gasteiger partial charge in [-0.3, -0.25) is 19.4 Å². The monoisotopic (exact) mass is 607 g/mol. The SMILES string of the molecule is C[N+](C)(C)CC(O)CC(=O)O.C[N+](C)(C)CCO.NC(N)=NCCCC(N)C(=O)O.NCC(=O)O.OCC(O)CO. The number of carbonyl (C=O) groups is 3. The van der Waals surface area contributed by atoms with E-state index < -0.39 is 36.2 Å². The van der Waals surface area contributed by atoms with Crippen LogP contribution in [0.4, 0.5) is 0 Å². The van der Waals surface area contributed by atoms with Crippen molar-refractivity contribution in [3.8, 4) is 0 Å². The zero-order valence-corrected chi connectivity index (χ0v) is 25.3. The number of aliphatic hydroxyl groups excluding tert-OH is 5. The number of rotatable bonds is 14. The molecule has 0 aromatic heterocycles. The van der Waals surface area contributed by atoms with E-state index in [1.165, 1.54) is 0 Å². The summed E-state index contributed by atoms with van der Waals surface area (Å²) in [7, 11) is 11.9. The lowest BCUT2D eigenvalue weighted by molar-refractivity contribution is -0.873. The van der Waals surface area contributed by atoms with Gasteiger partial charge in [0.05, 0.1) is 75.1 Å². The van der Waals surface area contributed by atoms with Crippen molar-refractivity contribution < 1.29 is 64.2 Å². The quantitative estimate of drug-likeness (QED) is 0.0380. The van der Waals surface area contributed by atoms with Gasteiger partial charge < -0.3 is 72.8 Å². The van der Waals surface area contributed by atoms with E-state index in [1.54, 1.807) is 0 Å². The summed E-state index contributed by atoms with van der Waals surface area (Å²) < 4.78 is 1.42. The van der Waals surface area contributed by atoms with Crippen LogP contribution in [0.3, 0.4) is 0 Å². The van der Waals surface area contributed by atoms with Gasteiger partial charge in [-0.05, 0) is 12.8 Å².